The van der Waals surface area contributed by atoms with Crippen LogP contribution in [0.4, 0.5) is 0 Å². The third-order valence-corrected chi connectivity index (χ3v) is 7.76. The Balaban J connectivity index is 1.29. The maximum Gasteiger partial charge on any atom is 0.252 e. The molecular weight excluding hydrogens is 432 g/mol. The number of likely N-dealkylation sites (tertiary alicyclic amines) is 1. The van der Waals surface area contributed by atoms with Crippen LogP contribution in [0.2, 0.25) is 5.02 Å². The van der Waals surface area contributed by atoms with Gasteiger partial charge in [0.25, 0.3) is 5.91 Å². The minimum Gasteiger partial charge on any atom is -0.349 e. The van der Waals surface area contributed by atoms with Crippen molar-refractivity contribution in [2.24, 2.45) is 0 Å². The Kier molecular flexibility index (Phi) is 7.50. The monoisotopic (exact) mass is 456 g/mol. The molecule has 0 bridgehead atoms. The maximum absolute atomic E-state index is 13.0. The first-order valence-electron chi connectivity index (χ1n) is 10.2. The van der Waals surface area contributed by atoms with E-state index in [1.165, 1.54) is 10.4 Å². The second-order valence-electron chi connectivity index (χ2n) is 7.51. The van der Waals surface area contributed by atoms with E-state index in [0.29, 0.717) is 0 Å². The Hall–Kier alpha value is -1.79. The van der Waals surface area contributed by atoms with Gasteiger partial charge in [-0.2, -0.15) is 0 Å². The summed E-state index contributed by atoms with van der Waals surface area (Å²) < 4.78 is 0. The number of hydrogen-bond acceptors (Lipinski definition) is 4. The van der Waals surface area contributed by atoms with Crippen molar-refractivity contribution in [1.29, 1.82) is 0 Å². The molecule has 1 aliphatic heterocycles. The molecule has 0 atom stereocenters. The highest BCUT2D eigenvalue weighted by Crippen LogP contribution is 2.28. The number of thiophene rings is 1. The van der Waals surface area contributed by atoms with Crippen LogP contribution in [0.1, 0.15) is 33.6 Å². The zero-order valence-corrected chi connectivity index (χ0v) is 19.1. The number of rotatable bonds is 7. The number of halogens is 1. The largest absolute Gasteiger partial charge is 0.349 e. The molecule has 1 saturated heterocycles. The maximum atomic E-state index is 13.0. The van der Waals surface area contributed by atoms with Gasteiger partial charge in [0.2, 0.25) is 0 Å². The third kappa shape index (κ3) is 5.88. The molecule has 4 rings (SSSR count). The summed E-state index contributed by atoms with van der Waals surface area (Å²) in [6.07, 6.45) is 1.95. The van der Waals surface area contributed by atoms with Crippen molar-refractivity contribution < 1.29 is 4.79 Å². The molecule has 3 aromatic rings. The van der Waals surface area contributed by atoms with Crippen LogP contribution >= 0.6 is 34.7 Å². The van der Waals surface area contributed by atoms with Crippen LogP contribution in [0.3, 0.4) is 0 Å². The Morgan fingerprint density at radius 1 is 1.07 bits per heavy atom. The van der Waals surface area contributed by atoms with Gasteiger partial charge >= 0.3 is 0 Å². The number of nitrogens with one attached hydrogen (secondary N) is 1. The third-order valence-electron chi connectivity index (χ3n) is 5.32. The van der Waals surface area contributed by atoms with Gasteiger partial charge in [-0.05, 0) is 54.1 Å². The predicted molar refractivity (Wildman–Crippen MR) is 128 cm³/mol. The van der Waals surface area contributed by atoms with E-state index in [1.807, 2.05) is 36.4 Å². The highest BCUT2D eigenvalue weighted by molar-refractivity contribution is 7.98. The molecule has 1 aliphatic rings. The van der Waals surface area contributed by atoms with Gasteiger partial charge in [-0.3, -0.25) is 9.69 Å². The summed E-state index contributed by atoms with van der Waals surface area (Å²) in [5.41, 5.74) is 2.06. The lowest BCUT2D eigenvalue weighted by Gasteiger charge is -2.32. The molecule has 0 spiro atoms. The van der Waals surface area contributed by atoms with E-state index in [0.717, 1.165) is 53.7 Å². The Morgan fingerprint density at radius 2 is 1.83 bits per heavy atom. The highest BCUT2D eigenvalue weighted by Gasteiger charge is 2.22. The molecule has 1 amide bonds. The average Bonchev–Trinajstić information content (AvgIpc) is 3.29. The lowest BCUT2D eigenvalue weighted by Crippen LogP contribution is -2.44. The van der Waals surface area contributed by atoms with E-state index in [9.17, 15) is 4.79 Å². The number of hydrogen-bond donors (Lipinski definition) is 1. The minimum atomic E-state index is 0.0421. The minimum absolute atomic E-state index is 0.0421. The van der Waals surface area contributed by atoms with E-state index < -0.39 is 0 Å². The van der Waals surface area contributed by atoms with Gasteiger partial charge in [0.1, 0.15) is 0 Å². The van der Waals surface area contributed by atoms with Crippen molar-refractivity contribution in [2.45, 2.75) is 36.1 Å². The highest BCUT2D eigenvalue weighted by atomic mass is 35.5. The van der Waals surface area contributed by atoms with Crippen molar-refractivity contribution in [3.05, 3.63) is 87.1 Å². The molecule has 2 heterocycles. The molecule has 1 fully saturated rings. The Labute approximate surface area is 191 Å². The van der Waals surface area contributed by atoms with Gasteiger partial charge in [-0.25, -0.2) is 0 Å². The zero-order chi connectivity index (χ0) is 20.8. The molecule has 3 nitrogen and oxygen atoms in total. The zero-order valence-electron chi connectivity index (χ0n) is 16.7. The molecular formula is C24H25ClN2OS2. The first-order chi connectivity index (χ1) is 14.7. The Morgan fingerprint density at radius 3 is 2.57 bits per heavy atom. The molecule has 156 valence electrons. The number of piperidine rings is 1. The van der Waals surface area contributed by atoms with Gasteiger partial charge in [-0.15, -0.1) is 23.1 Å². The van der Waals surface area contributed by atoms with Crippen molar-refractivity contribution in [1.82, 2.24) is 10.2 Å². The van der Waals surface area contributed by atoms with Gasteiger partial charge in [-0.1, -0.05) is 41.9 Å². The molecule has 1 aromatic heterocycles. The second-order valence-corrected chi connectivity index (χ2v) is 10.0. The number of nitrogens with zero attached hydrogens (tertiary/aromatic N) is 1. The number of amides is 1. The summed E-state index contributed by atoms with van der Waals surface area (Å²) in [6.45, 7) is 2.91. The van der Waals surface area contributed by atoms with Crippen LogP contribution in [0.15, 0.2) is 70.9 Å². The number of benzene rings is 2. The number of carbonyl (C=O) groups is 1. The van der Waals surface area contributed by atoms with Gasteiger partial charge in [0.15, 0.2) is 0 Å². The van der Waals surface area contributed by atoms with E-state index in [4.69, 9.17) is 11.6 Å². The summed E-state index contributed by atoms with van der Waals surface area (Å²) >= 11 is 9.46. The van der Waals surface area contributed by atoms with Crippen LogP contribution in [0, 0.1) is 0 Å². The number of thioether (sulfide) groups is 1. The summed E-state index contributed by atoms with van der Waals surface area (Å²) in [5.74, 6) is 0.936. The molecule has 0 aliphatic carbocycles. The Bertz CT molecular complexity index is 952. The SMILES string of the molecule is O=C(NC1CCN(Cc2ccc(Cl)cc2)CC1)c1ccccc1SCc1cccs1. The van der Waals surface area contributed by atoms with Crippen LogP contribution in [0.5, 0.6) is 0 Å². The molecule has 0 unspecified atom stereocenters. The smallest absolute Gasteiger partial charge is 0.252 e. The predicted octanol–water partition coefficient (Wildman–Crippen LogP) is 6.09. The van der Waals surface area contributed by atoms with Gasteiger partial charge < -0.3 is 5.32 Å². The fourth-order valence-corrected chi connectivity index (χ4v) is 5.62. The number of carbonyl (C=O) groups excluding carboxylic acids is 1. The topological polar surface area (TPSA) is 32.3 Å². The lowest BCUT2D eigenvalue weighted by molar-refractivity contribution is 0.0906. The van der Waals surface area contributed by atoms with E-state index in [1.54, 1.807) is 23.1 Å². The standard InChI is InChI=1S/C24H25ClN2OS2/c25-19-9-7-18(8-10-19)16-27-13-11-20(12-14-27)26-24(28)22-5-1-2-6-23(22)30-17-21-4-3-15-29-21/h1-10,15,20H,11-14,16-17H2,(H,26,28). The first kappa shape index (κ1) is 21.4. The summed E-state index contributed by atoms with van der Waals surface area (Å²) in [6, 6.07) is 20.4. The molecule has 0 saturated carbocycles. The van der Waals surface area contributed by atoms with Crippen LogP contribution in [0.25, 0.3) is 0 Å². The van der Waals surface area contributed by atoms with E-state index in [-0.39, 0.29) is 11.9 Å². The van der Waals surface area contributed by atoms with Crippen molar-refractivity contribution >= 4 is 40.6 Å². The van der Waals surface area contributed by atoms with Crippen LogP contribution < -0.4 is 5.32 Å². The van der Waals surface area contributed by atoms with E-state index >= 15 is 0 Å². The summed E-state index contributed by atoms with van der Waals surface area (Å²) in [7, 11) is 0. The first-order valence-corrected chi connectivity index (χ1v) is 12.4. The fourth-order valence-electron chi connectivity index (χ4n) is 3.67. The average molecular weight is 457 g/mol. The van der Waals surface area contributed by atoms with Crippen molar-refractivity contribution in [3.63, 3.8) is 0 Å². The molecule has 6 heteroatoms. The van der Waals surface area contributed by atoms with Crippen LogP contribution in [-0.4, -0.2) is 29.9 Å². The van der Waals surface area contributed by atoms with E-state index in [2.05, 4.69) is 39.9 Å². The second kappa shape index (κ2) is 10.5. The quantitative estimate of drug-likeness (QED) is 0.436. The lowest BCUT2D eigenvalue weighted by atomic mass is 10.0. The molecule has 2 aromatic carbocycles. The molecule has 0 radical (unpaired) electrons. The van der Waals surface area contributed by atoms with Gasteiger partial charge in [0, 0.05) is 46.2 Å². The summed E-state index contributed by atoms with van der Waals surface area (Å²) in [4.78, 5) is 17.8. The van der Waals surface area contributed by atoms with Crippen molar-refractivity contribution in [2.75, 3.05) is 13.1 Å². The normalized spacial score (nSPS) is 15.2. The molecule has 1 N–H and O–H groups in total. The fraction of sp³-hybridized carbons (Fsp3) is 0.292. The summed E-state index contributed by atoms with van der Waals surface area (Å²) in [5, 5.41) is 6.13. The van der Waals surface area contributed by atoms with Crippen molar-refractivity contribution in [3.8, 4) is 0 Å². The van der Waals surface area contributed by atoms with Crippen LogP contribution in [-0.2, 0) is 12.3 Å². The molecule has 30 heavy (non-hydrogen) atoms. The van der Waals surface area contributed by atoms with Gasteiger partial charge in [0.05, 0.1) is 5.56 Å².